The molecule has 80 valence electrons. The average Bonchev–Trinajstić information content (AvgIpc) is 2.17. The van der Waals surface area contributed by atoms with Gasteiger partial charge < -0.3 is 5.32 Å². The summed E-state index contributed by atoms with van der Waals surface area (Å²) < 4.78 is 12.7. The SMILES string of the molecule is CC(C)=CCNC(=O)c1ccnc(F)c1. The average molecular weight is 208 g/mol. The highest BCUT2D eigenvalue weighted by molar-refractivity contribution is 5.94. The standard InChI is InChI=1S/C11H13FN2O/c1-8(2)3-5-14-11(15)9-4-6-13-10(12)7-9/h3-4,6-7H,5H2,1-2H3,(H,14,15). The highest BCUT2D eigenvalue weighted by Gasteiger charge is 2.04. The molecule has 1 aromatic rings. The Bertz CT molecular complexity index is 384. The van der Waals surface area contributed by atoms with Gasteiger partial charge in [-0.15, -0.1) is 0 Å². The zero-order valence-electron chi connectivity index (χ0n) is 8.75. The monoisotopic (exact) mass is 208 g/mol. The number of carbonyl (C=O) groups is 1. The van der Waals surface area contributed by atoms with Crippen LogP contribution in [0.15, 0.2) is 30.0 Å². The van der Waals surface area contributed by atoms with Gasteiger partial charge in [0.1, 0.15) is 0 Å². The summed E-state index contributed by atoms with van der Waals surface area (Å²) in [6, 6.07) is 2.58. The van der Waals surface area contributed by atoms with Crippen molar-refractivity contribution in [1.29, 1.82) is 0 Å². The van der Waals surface area contributed by atoms with Gasteiger partial charge in [-0.1, -0.05) is 11.6 Å². The Hall–Kier alpha value is -1.71. The smallest absolute Gasteiger partial charge is 0.251 e. The van der Waals surface area contributed by atoms with E-state index in [4.69, 9.17) is 0 Å². The molecule has 0 atom stereocenters. The molecule has 0 aliphatic heterocycles. The van der Waals surface area contributed by atoms with Crippen LogP contribution in [0.4, 0.5) is 4.39 Å². The van der Waals surface area contributed by atoms with E-state index in [1.165, 1.54) is 12.3 Å². The third-order valence-corrected chi connectivity index (χ3v) is 1.76. The van der Waals surface area contributed by atoms with E-state index >= 15 is 0 Å². The van der Waals surface area contributed by atoms with Gasteiger partial charge in [0, 0.05) is 24.4 Å². The van der Waals surface area contributed by atoms with Crippen LogP contribution in [-0.2, 0) is 0 Å². The van der Waals surface area contributed by atoms with Crippen LogP contribution in [0.25, 0.3) is 0 Å². The molecule has 0 aromatic carbocycles. The van der Waals surface area contributed by atoms with Crippen LogP contribution in [0.3, 0.4) is 0 Å². The molecule has 1 heterocycles. The Morgan fingerprint density at radius 3 is 2.93 bits per heavy atom. The summed E-state index contributed by atoms with van der Waals surface area (Å²) in [5, 5.41) is 2.65. The number of carbonyl (C=O) groups excluding carboxylic acids is 1. The van der Waals surface area contributed by atoms with Crippen LogP contribution < -0.4 is 5.32 Å². The lowest BCUT2D eigenvalue weighted by Gasteiger charge is -2.02. The molecule has 0 spiro atoms. The third kappa shape index (κ3) is 3.89. The molecule has 0 radical (unpaired) electrons. The van der Waals surface area contributed by atoms with Gasteiger partial charge in [-0.3, -0.25) is 4.79 Å². The van der Waals surface area contributed by atoms with E-state index in [1.807, 2.05) is 19.9 Å². The van der Waals surface area contributed by atoms with Crippen molar-refractivity contribution >= 4 is 5.91 Å². The lowest BCUT2D eigenvalue weighted by molar-refractivity contribution is 0.0957. The Labute approximate surface area is 88.0 Å². The van der Waals surface area contributed by atoms with E-state index in [0.717, 1.165) is 11.6 Å². The van der Waals surface area contributed by atoms with Gasteiger partial charge in [0.25, 0.3) is 5.91 Å². The van der Waals surface area contributed by atoms with Crippen molar-refractivity contribution in [2.45, 2.75) is 13.8 Å². The van der Waals surface area contributed by atoms with Crippen LogP contribution in [-0.4, -0.2) is 17.4 Å². The van der Waals surface area contributed by atoms with Gasteiger partial charge in [-0.05, 0) is 19.9 Å². The second-order valence-corrected chi connectivity index (χ2v) is 3.36. The fourth-order valence-corrected chi connectivity index (χ4v) is 0.994. The quantitative estimate of drug-likeness (QED) is 0.609. The van der Waals surface area contributed by atoms with Crippen molar-refractivity contribution in [2.75, 3.05) is 6.54 Å². The first-order chi connectivity index (χ1) is 7.09. The first-order valence-corrected chi connectivity index (χ1v) is 4.62. The molecule has 1 rings (SSSR count). The summed E-state index contributed by atoms with van der Waals surface area (Å²) in [6.45, 7) is 4.33. The minimum atomic E-state index is -0.648. The van der Waals surface area contributed by atoms with Crippen molar-refractivity contribution in [3.8, 4) is 0 Å². The van der Waals surface area contributed by atoms with Crippen molar-refractivity contribution in [1.82, 2.24) is 10.3 Å². The summed E-state index contributed by atoms with van der Waals surface area (Å²) >= 11 is 0. The maximum atomic E-state index is 12.7. The number of aromatic nitrogens is 1. The maximum absolute atomic E-state index is 12.7. The number of hydrogen-bond donors (Lipinski definition) is 1. The normalized spacial score (nSPS) is 9.53. The van der Waals surface area contributed by atoms with E-state index in [9.17, 15) is 9.18 Å². The van der Waals surface area contributed by atoms with Gasteiger partial charge in [0.15, 0.2) is 0 Å². The minimum absolute atomic E-state index is 0.282. The molecule has 0 fully saturated rings. The Balaban J connectivity index is 2.58. The molecule has 1 aromatic heterocycles. The number of halogens is 1. The van der Waals surface area contributed by atoms with Crippen molar-refractivity contribution in [3.05, 3.63) is 41.5 Å². The molecule has 4 heteroatoms. The lowest BCUT2D eigenvalue weighted by atomic mass is 10.2. The number of allylic oxidation sites excluding steroid dienone is 1. The molecule has 0 aliphatic carbocycles. The largest absolute Gasteiger partial charge is 0.349 e. The topological polar surface area (TPSA) is 42.0 Å². The summed E-state index contributed by atoms with van der Waals surface area (Å²) in [6.07, 6.45) is 3.15. The summed E-state index contributed by atoms with van der Waals surface area (Å²) in [5.41, 5.74) is 1.40. The van der Waals surface area contributed by atoms with Crippen LogP contribution in [0, 0.1) is 5.95 Å². The van der Waals surface area contributed by atoms with Gasteiger partial charge >= 0.3 is 0 Å². The summed E-state index contributed by atoms with van der Waals surface area (Å²) in [7, 11) is 0. The highest BCUT2D eigenvalue weighted by atomic mass is 19.1. The molecule has 0 bridgehead atoms. The first-order valence-electron chi connectivity index (χ1n) is 4.62. The molecule has 0 saturated carbocycles. The number of amides is 1. The van der Waals surface area contributed by atoms with E-state index < -0.39 is 5.95 Å². The molecule has 3 nitrogen and oxygen atoms in total. The minimum Gasteiger partial charge on any atom is -0.349 e. The molecule has 0 unspecified atom stereocenters. The number of nitrogens with zero attached hydrogens (tertiary/aromatic N) is 1. The Morgan fingerprint density at radius 2 is 2.33 bits per heavy atom. The Morgan fingerprint density at radius 1 is 1.60 bits per heavy atom. The fraction of sp³-hybridized carbons (Fsp3) is 0.273. The van der Waals surface area contributed by atoms with Crippen LogP contribution in [0.5, 0.6) is 0 Å². The van der Waals surface area contributed by atoms with Crippen molar-refractivity contribution in [3.63, 3.8) is 0 Å². The van der Waals surface area contributed by atoms with E-state index in [0.29, 0.717) is 6.54 Å². The highest BCUT2D eigenvalue weighted by Crippen LogP contribution is 1.99. The number of pyridine rings is 1. The molecular formula is C11H13FN2O. The molecule has 1 amide bonds. The van der Waals surface area contributed by atoms with E-state index in [2.05, 4.69) is 10.3 Å². The molecule has 1 N–H and O–H groups in total. The van der Waals surface area contributed by atoms with E-state index in [-0.39, 0.29) is 11.5 Å². The van der Waals surface area contributed by atoms with E-state index in [1.54, 1.807) is 0 Å². The lowest BCUT2D eigenvalue weighted by Crippen LogP contribution is -2.23. The number of nitrogens with one attached hydrogen (secondary N) is 1. The Kier molecular flexibility index (Phi) is 3.97. The van der Waals surface area contributed by atoms with Crippen LogP contribution in [0.1, 0.15) is 24.2 Å². The van der Waals surface area contributed by atoms with Crippen LogP contribution >= 0.6 is 0 Å². The first kappa shape index (κ1) is 11.4. The zero-order chi connectivity index (χ0) is 11.3. The van der Waals surface area contributed by atoms with Crippen LogP contribution in [0.2, 0.25) is 0 Å². The molecule has 0 aliphatic rings. The third-order valence-electron chi connectivity index (χ3n) is 1.76. The predicted octanol–water partition coefficient (Wildman–Crippen LogP) is 1.92. The fourth-order valence-electron chi connectivity index (χ4n) is 0.994. The van der Waals surface area contributed by atoms with Crippen molar-refractivity contribution < 1.29 is 9.18 Å². The van der Waals surface area contributed by atoms with Gasteiger partial charge in [0.05, 0.1) is 0 Å². The van der Waals surface area contributed by atoms with Gasteiger partial charge in [0.2, 0.25) is 5.95 Å². The summed E-state index contributed by atoms with van der Waals surface area (Å²) in [4.78, 5) is 14.8. The maximum Gasteiger partial charge on any atom is 0.251 e. The second-order valence-electron chi connectivity index (χ2n) is 3.36. The number of rotatable bonds is 3. The number of hydrogen-bond acceptors (Lipinski definition) is 2. The molecule has 0 saturated heterocycles. The predicted molar refractivity (Wildman–Crippen MR) is 56.0 cm³/mol. The molecule has 15 heavy (non-hydrogen) atoms. The van der Waals surface area contributed by atoms with Gasteiger partial charge in [-0.25, -0.2) is 4.98 Å². The van der Waals surface area contributed by atoms with Crippen molar-refractivity contribution in [2.24, 2.45) is 0 Å². The second kappa shape index (κ2) is 5.24. The summed E-state index contributed by atoms with van der Waals surface area (Å²) in [5.74, 6) is -0.946. The van der Waals surface area contributed by atoms with Gasteiger partial charge in [-0.2, -0.15) is 4.39 Å². The molecular weight excluding hydrogens is 195 g/mol. The zero-order valence-corrected chi connectivity index (χ0v) is 8.75.